The Morgan fingerprint density at radius 2 is 1.77 bits per heavy atom. The summed E-state index contributed by atoms with van der Waals surface area (Å²) in [6.07, 6.45) is 1.68. The minimum absolute atomic E-state index is 0.134. The topological polar surface area (TPSA) is 34.1 Å². The van der Waals surface area contributed by atoms with Crippen molar-refractivity contribution in [1.82, 2.24) is 0 Å². The van der Waals surface area contributed by atoms with Crippen molar-refractivity contribution in [3.63, 3.8) is 0 Å². The van der Waals surface area contributed by atoms with Crippen LogP contribution in [-0.4, -0.2) is 19.4 Å². The van der Waals surface area contributed by atoms with Gasteiger partial charge in [-0.15, -0.1) is 0 Å². The Morgan fingerprint density at radius 3 is 2.15 bits per heavy atom. The van der Waals surface area contributed by atoms with E-state index in [1.165, 1.54) is 0 Å². The summed E-state index contributed by atoms with van der Waals surface area (Å²) < 4.78 is 22.9. The van der Waals surface area contributed by atoms with Gasteiger partial charge in [-0.05, 0) is 31.1 Å². The van der Waals surface area contributed by atoms with E-state index in [1.54, 1.807) is 0 Å². The average Bonchev–Trinajstić information content (AvgIpc) is 1.92. The number of sulfone groups is 1. The van der Waals surface area contributed by atoms with Crippen LogP contribution < -0.4 is 0 Å². The van der Waals surface area contributed by atoms with Crippen LogP contribution in [0, 0.1) is 11.3 Å². The third-order valence-corrected chi connectivity index (χ3v) is 5.43. The van der Waals surface area contributed by atoms with Crippen LogP contribution in [0.25, 0.3) is 0 Å². The van der Waals surface area contributed by atoms with Gasteiger partial charge in [-0.1, -0.05) is 20.8 Å². The summed E-state index contributed by atoms with van der Waals surface area (Å²) in [5, 5.41) is -0.134. The zero-order chi connectivity index (χ0) is 10.3. The van der Waals surface area contributed by atoms with Crippen LogP contribution in [0.1, 0.15) is 40.5 Å². The van der Waals surface area contributed by atoms with Gasteiger partial charge in [-0.2, -0.15) is 0 Å². The van der Waals surface area contributed by atoms with Gasteiger partial charge in [0, 0.05) is 0 Å². The maximum Gasteiger partial charge on any atom is 0.152 e. The maximum absolute atomic E-state index is 11.5. The van der Waals surface area contributed by atoms with E-state index >= 15 is 0 Å². The molecule has 1 saturated heterocycles. The quantitative estimate of drug-likeness (QED) is 0.606. The molecule has 0 aromatic heterocycles. The second-order valence-corrected chi connectivity index (χ2v) is 7.80. The molecule has 0 aromatic rings. The van der Waals surface area contributed by atoms with Crippen molar-refractivity contribution in [3.05, 3.63) is 0 Å². The summed E-state index contributed by atoms with van der Waals surface area (Å²) in [5.74, 6) is 0.946. The first-order valence-electron chi connectivity index (χ1n) is 4.95. The molecule has 1 fully saturated rings. The van der Waals surface area contributed by atoms with Crippen molar-refractivity contribution < 1.29 is 8.42 Å². The molecule has 0 saturated carbocycles. The Hall–Kier alpha value is -0.0500. The fourth-order valence-electron chi connectivity index (χ4n) is 1.96. The Kier molecular flexibility index (Phi) is 2.77. The second-order valence-electron chi connectivity index (χ2n) is 5.26. The highest BCUT2D eigenvalue weighted by atomic mass is 32.2. The molecule has 1 aliphatic heterocycles. The van der Waals surface area contributed by atoms with Gasteiger partial charge in [0.15, 0.2) is 9.84 Å². The number of rotatable bonds is 0. The zero-order valence-corrected chi connectivity index (χ0v) is 9.82. The Labute approximate surface area is 81.6 Å². The highest BCUT2D eigenvalue weighted by Crippen LogP contribution is 2.37. The van der Waals surface area contributed by atoms with Crippen LogP contribution in [-0.2, 0) is 9.84 Å². The molecule has 2 nitrogen and oxygen atoms in total. The van der Waals surface area contributed by atoms with Gasteiger partial charge < -0.3 is 0 Å². The van der Waals surface area contributed by atoms with E-state index in [1.807, 2.05) is 6.92 Å². The van der Waals surface area contributed by atoms with Crippen molar-refractivity contribution in [1.29, 1.82) is 0 Å². The van der Waals surface area contributed by atoms with E-state index in [0.717, 1.165) is 12.8 Å². The minimum Gasteiger partial charge on any atom is -0.229 e. The first kappa shape index (κ1) is 11.0. The molecule has 0 spiro atoms. The molecular formula is C10H20O2S. The number of hydrogen-bond donors (Lipinski definition) is 0. The van der Waals surface area contributed by atoms with Crippen molar-refractivity contribution in [2.24, 2.45) is 11.3 Å². The molecule has 78 valence electrons. The molecule has 1 rings (SSSR count). The highest BCUT2D eigenvalue weighted by Gasteiger charge is 2.36. The Morgan fingerprint density at radius 1 is 1.23 bits per heavy atom. The van der Waals surface area contributed by atoms with Gasteiger partial charge in [0.05, 0.1) is 11.0 Å². The fourth-order valence-corrected chi connectivity index (χ4v) is 3.50. The molecule has 0 amide bonds. The molecule has 0 aromatic carbocycles. The monoisotopic (exact) mass is 204 g/mol. The molecule has 0 radical (unpaired) electrons. The van der Waals surface area contributed by atoms with Gasteiger partial charge in [0.25, 0.3) is 0 Å². The van der Waals surface area contributed by atoms with Crippen LogP contribution in [0.5, 0.6) is 0 Å². The summed E-state index contributed by atoms with van der Waals surface area (Å²) in [4.78, 5) is 0. The van der Waals surface area contributed by atoms with E-state index in [2.05, 4.69) is 20.8 Å². The summed E-state index contributed by atoms with van der Waals surface area (Å²) >= 11 is 0. The first-order valence-corrected chi connectivity index (χ1v) is 6.66. The third kappa shape index (κ3) is 2.46. The van der Waals surface area contributed by atoms with Crippen molar-refractivity contribution in [3.8, 4) is 0 Å². The number of hydrogen-bond acceptors (Lipinski definition) is 2. The molecule has 13 heavy (non-hydrogen) atoms. The normalized spacial score (nSPS) is 34.5. The van der Waals surface area contributed by atoms with Gasteiger partial charge in [-0.3, -0.25) is 0 Å². The molecule has 2 unspecified atom stereocenters. The predicted molar refractivity (Wildman–Crippen MR) is 55.4 cm³/mol. The van der Waals surface area contributed by atoms with E-state index in [9.17, 15) is 8.42 Å². The summed E-state index contributed by atoms with van der Waals surface area (Å²) in [6.45, 7) is 8.43. The van der Waals surface area contributed by atoms with Crippen LogP contribution >= 0.6 is 0 Å². The Bertz CT molecular complexity index is 272. The molecule has 0 aliphatic carbocycles. The van der Waals surface area contributed by atoms with E-state index in [-0.39, 0.29) is 10.7 Å². The van der Waals surface area contributed by atoms with E-state index < -0.39 is 9.84 Å². The van der Waals surface area contributed by atoms with Gasteiger partial charge >= 0.3 is 0 Å². The minimum atomic E-state index is -2.75. The van der Waals surface area contributed by atoms with Crippen LogP contribution in [0.3, 0.4) is 0 Å². The third-order valence-electron chi connectivity index (χ3n) is 3.21. The predicted octanol–water partition coefficient (Wildman–Crippen LogP) is 2.25. The van der Waals surface area contributed by atoms with Crippen molar-refractivity contribution >= 4 is 9.84 Å². The first-order chi connectivity index (χ1) is 5.73. The van der Waals surface area contributed by atoms with Gasteiger partial charge in [0.1, 0.15) is 0 Å². The van der Waals surface area contributed by atoms with Crippen molar-refractivity contribution in [2.75, 3.05) is 5.75 Å². The standard InChI is InChI=1S/C10H20O2S/c1-8-7-9(10(2,3)4)5-6-13(8,11)12/h8-9H,5-7H2,1-4H3. The molecule has 3 heteroatoms. The largest absolute Gasteiger partial charge is 0.229 e. The van der Waals surface area contributed by atoms with Crippen LogP contribution in [0.2, 0.25) is 0 Å². The molecule has 1 aliphatic rings. The van der Waals surface area contributed by atoms with E-state index in [0.29, 0.717) is 11.7 Å². The molecular weight excluding hydrogens is 184 g/mol. The lowest BCUT2D eigenvalue weighted by molar-refractivity contribution is 0.212. The van der Waals surface area contributed by atoms with Crippen LogP contribution in [0.4, 0.5) is 0 Å². The van der Waals surface area contributed by atoms with Crippen LogP contribution in [0.15, 0.2) is 0 Å². The average molecular weight is 204 g/mol. The molecule has 0 bridgehead atoms. The Balaban J connectivity index is 2.73. The van der Waals surface area contributed by atoms with E-state index in [4.69, 9.17) is 0 Å². The lowest BCUT2D eigenvalue weighted by Crippen LogP contribution is -2.36. The molecule has 2 atom stereocenters. The smallest absolute Gasteiger partial charge is 0.152 e. The van der Waals surface area contributed by atoms with Gasteiger partial charge in [0.2, 0.25) is 0 Å². The summed E-state index contributed by atoms with van der Waals surface area (Å²) in [6, 6.07) is 0. The molecule has 0 N–H and O–H groups in total. The fraction of sp³-hybridized carbons (Fsp3) is 1.00. The summed E-state index contributed by atoms with van der Waals surface area (Å²) in [7, 11) is -2.75. The summed E-state index contributed by atoms with van der Waals surface area (Å²) in [5.41, 5.74) is 0.254. The lowest BCUT2D eigenvalue weighted by atomic mass is 9.76. The zero-order valence-electron chi connectivity index (χ0n) is 9.00. The maximum atomic E-state index is 11.5. The SMILES string of the molecule is CC1CC(C(C)(C)C)CCS1(=O)=O. The molecule has 1 heterocycles. The highest BCUT2D eigenvalue weighted by molar-refractivity contribution is 7.92. The van der Waals surface area contributed by atoms with Gasteiger partial charge in [-0.25, -0.2) is 8.42 Å². The van der Waals surface area contributed by atoms with Crippen molar-refractivity contribution in [2.45, 2.75) is 45.8 Å². The second kappa shape index (κ2) is 3.26. The lowest BCUT2D eigenvalue weighted by Gasteiger charge is -2.36.